The van der Waals surface area contributed by atoms with Crippen molar-refractivity contribution in [2.24, 2.45) is 0 Å². The van der Waals surface area contributed by atoms with Crippen molar-refractivity contribution in [3.05, 3.63) is 45.9 Å². The molecular formula is C17H19Cl2NO3. The summed E-state index contributed by atoms with van der Waals surface area (Å²) in [6.07, 6.45) is 0. The molecule has 2 rings (SSSR count). The average Bonchev–Trinajstić information content (AvgIpc) is 2.54. The summed E-state index contributed by atoms with van der Waals surface area (Å²) >= 11 is 12.4. The fraction of sp³-hybridized carbons (Fsp3) is 0.294. The van der Waals surface area contributed by atoms with Gasteiger partial charge in [0.15, 0.2) is 11.5 Å². The molecule has 1 N–H and O–H groups in total. The number of hydrogen-bond acceptors (Lipinski definition) is 4. The lowest BCUT2D eigenvalue weighted by Gasteiger charge is -2.14. The van der Waals surface area contributed by atoms with Crippen molar-refractivity contribution in [3.63, 3.8) is 0 Å². The third-order valence-corrected chi connectivity index (χ3v) is 3.91. The minimum absolute atomic E-state index is 0.532. The summed E-state index contributed by atoms with van der Waals surface area (Å²) in [5, 5.41) is 4.44. The molecule has 2 aromatic rings. The number of methoxy groups -OCH3 is 2. The molecule has 0 amide bonds. The summed E-state index contributed by atoms with van der Waals surface area (Å²) in [6, 6.07) is 9.14. The van der Waals surface area contributed by atoms with Crippen LogP contribution in [0.15, 0.2) is 30.3 Å². The summed E-state index contributed by atoms with van der Waals surface area (Å²) in [4.78, 5) is 0. The summed E-state index contributed by atoms with van der Waals surface area (Å²) in [5.41, 5.74) is 1.78. The number of nitrogens with one attached hydrogen (secondary N) is 1. The normalized spacial score (nSPS) is 10.3. The molecule has 23 heavy (non-hydrogen) atoms. The molecule has 124 valence electrons. The third-order valence-electron chi connectivity index (χ3n) is 3.27. The van der Waals surface area contributed by atoms with Crippen LogP contribution in [0.2, 0.25) is 10.0 Å². The number of rotatable bonds is 7. The standard InChI is InChI=1S/C17H19Cl2NO3/c1-4-23-17-9-13(18)11(7-16(17)22-3)10-20-12-5-6-15(21-2)14(19)8-12/h5-9,20H,4,10H2,1-3H3. The van der Waals surface area contributed by atoms with Gasteiger partial charge in [-0.25, -0.2) is 0 Å². The lowest BCUT2D eigenvalue weighted by atomic mass is 10.2. The monoisotopic (exact) mass is 355 g/mol. The van der Waals surface area contributed by atoms with Gasteiger partial charge < -0.3 is 19.5 Å². The first kappa shape index (κ1) is 17.6. The maximum absolute atomic E-state index is 6.32. The van der Waals surface area contributed by atoms with Crippen molar-refractivity contribution < 1.29 is 14.2 Å². The van der Waals surface area contributed by atoms with Crippen LogP contribution in [0, 0.1) is 0 Å². The first-order valence-corrected chi connectivity index (χ1v) is 7.91. The van der Waals surface area contributed by atoms with Gasteiger partial charge in [0, 0.05) is 23.3 Å². The molecule has 2 aromatic carbocycles. The average molecular weight is 356 g/mol. The SMILES string of the molecule is CCOc1cc(Cl)c(CNc2ccc(OC)c(Cl)c2)cc1OC. The predicted octanol–water partition coefficient (Wildman–Crippen LogP) is 5.02. The Morgan fingerprint density at radius 2 is 1.65 bits per heavy atom. The van der Waals surface area contributed by atoms with Gasteiger partial charge in [0.2, 0.25) is 0 Å². The highest BCUT2D eigenvalue weighted by atomic mass is 35.5. The van der Waals surface area contributed by atoms with Crippen LogP contribution in [0.4, 0.5) is 5.69 Å². The van der Waals surface area contributed by atoms with Crippen molar-refractivity contribution in [3.8, 4) is 17.2 Å². The number of anilines is 1. The Morgan fingerprint density at radius 3 is 2.26 bits per heavy atom. The highest BCUT2D eigenvalue weighted by molar-refractivity contribution is 6.32. The highest BCUT2D eigenvalue weighted by Crippen LogP contribution is 2.34. The third kappa shape index (κ3) is 4.36. The Hall–Kier alpha value is -1.78. The Balaban J connectivity index is 2.15. The highest BCUT2D eigenvalue weighted by Gasteiger charge is 2.10. The molecule has 0 spiro atoms. The molecular weight excluding hydrogens is 337 g/mol. The Kier molecular flexibility index (Phi) is 6.25. The van der Waals surface area contributed by atoms with Crippen LogP contribution < -0.4 is 19.5 Å². The molecule has 0 aromatic heterocycles. The van der Waals surface area contributed by atoms with Crippen LogP contribution >= 0.6 is 23.2 Å². The first-order chi connectivity index (χ1) is 11.1. The molecule has 0 atom stereocenters. The number of ether oxygens (including phenoxy) is 3. The molecule has 0 aliphatic carbocycles. The van der Waals surface area contributed by atoms with Crippen LogP contribution in [-0.4, -0.2) is 20.8 Å². The van der Waals surface area contributed by atoms with Crippen molar-refractivity contribution in [2.75, 3.05) is 26.1 Å². The van der Waals surface area contributed by atoms with Crippen LogP contribution in [-0.2, 0) is 6.54 Å². The topological polar surface area (TPSA) is 39.7 Å². The zero-order chi connectivity index (χ0) is 16.8. The minimum Gasteiger partial charge on any atom is -0.495 e. The van der Waals surface area contributed by atoms with Gasteiger partial charge in [-0.3, -0.25) is 0 Å². The molecule has 0 heterocycles. The van der Waals surface area contributed by atoms with E-state index < -0.39 is 0 Å². The van der Waals surface area contributed by atoms with E-state index in [0.717, 1.165) is 11.3 Å². The van der Waals surface area contributed by atoms with Crippen molar-refractivity contribution >= 4 is 28.9 Å². The largest absolute Gasteiger partial charge is 0.495 e. The van der Waals surface area contributed by atoms with Crippen molar-refractivity contribution in [2.45, 2.75) is 13.5 Å². The maximum Gasteiger partial charge on any atom is 0.162 e. The fourth-order valence-electron chi connectivity index (χ4n) is 2.11. The van der Waals surface area contributed by atoms with E-state index in [1.807, 2.05) is 25.1 Å². The van der Waals surface area contributed by atoms with Crippen LogP contribution in [0.1, 0.15) is 12.5 Å². The van der Waals surface area contributed by atoms with Gasteiger partial charge in [-0.05, 0) is 36.8 Å². The summed E-state index contributed by atoms with van der Waals surface area (Å²) in [7, 11) is 3.19. The molecule has 0 fully saturated rings. The van der Waals surface area contributed by atoms with Gasteiger partial charge in [-0.1, -0.05) is 23.2 Å². The molecule has 4 nitrogen and oxygen atoms in total. The van der Waals surface area contributed by atoms with Crippen LogP contribution in [0.5, 0.6) is 17.2 Å². The van der Waals surface area contributed by atoms with Crippen LogP contribution in [0.25, 0.3) is 0 Å². The lowest BCUT2D eigenvalue weighted by Crippen LogP contribution is -2.02. The molecule has 0 saturated carbocycles. The van der Waals surface area contributed by atoms with Gasteiger partial charge in [-0.2, -0.15) is 0 Å². The molecule has 0 saturated heterocycles. The van der Waals surface area contributed by atoms with Gasteiger partial charge in [0.1, 0.15) is 5.75 Å². The van der Waals surface area contributed by atoms with E-state index in [4.69, 9.17) is 37.4 Å². The van der Waals surface area contributed by atoms with E-state index in [1.165, 1.54) is 0 Å². The van der Waals surface area contributed by atoms with Gasteiger partial charge in [0.25, 0.3) is 0 Å². The quantitative estimate of drug-likeness (QED) is 0.756. The molecule has 0 aliphatic rings. The van der Waals surface area contributed by atoms with E-state index in [2.05, 4.69) is 5.32 Å². The van der Waals surface area contributed by atoms with Gasteiger partial charge in [0.05, 0.1) is 25.8 Å². The Morgan fingerprint density at radius 1 is 0.913 bits per heavy atom. The number of benzene rings is 2. The molecule has 0 aliphatic heterocycles. The summed E-state index contributed by atoms with van der Waals surface area (Å²) in [6.45, 7) is 3.00. The second-order valence-corrected chi connectivity index (χ2v) is 5.54. The summed E-state index contributed by atoms with van der Waals surface area (Å²) in [5.74, 6) is 1.93. The minimum atomic E-state index is 0.532. The molecule has 6 heteroatoms. The van der Waals surface area contributed by atoms with Crippen molar-refractivity contribution in [1.29, 1.82) is 0 Å². The smallest absolute Gasteiger partial charge is 0.162 e. The number of halogens is 2. The van der Waals surface area contributed by atoms with Crippen molar-refractivity contribution in [1.82, 2.24) is 0 Å². The Labute approximate surface area is 146 Å². The van der Waals surface area contributed by atoms with E-state index in [1.54, 1.807) is 26.4 Å². The summed E-state index contributed by atoms with van der Waals surface area (Å²) < 4.78 is 16.0. The van der Waals surface area contributed by atoms with E-state index in [0.29, 0.717) is 40.4 Å². The van der Waals surface area contributed by atoms with E-state index in [-0.39, 0.29) is 0 Å². The molecule has 0 bridgehead atoms. The first-order valence-electron chi connectivity index (χ1n) is 7.15. The zero-order valence-electron chi connectivity index (χ0n) is 13.3. The predicted molar refractivity (Wildman–Crippen MR) is 94.5 cm³/mol. The second kappa shape index (κ2) is 8.18. The molecule has 0 unspecified atom stereocenters. The number of hydrogen-bond donors (Lipinski definition) is 1. The van der Waals surface area contributed by atoms with E-state index in [9.17, 15) is 0 Å². The van der Waals surface area contributed by atoms with Gasteiger partial charge >= 0.3 is 0 Å². The second-order valence-electron chi connectivity index (χ2n) is 4.73. The lowest BCUT2D eigenvalue weighted by molar-refractivity contribution is 0.311. The fourth-order valence-corrected chi connectivity index (χ4v) is 2.59. The van der Waals surface area contributed by atoms with E-state index >= 15 is 0 Å². The Bertz CT molecular complexity index is 677. The van der Waals surface area contributed by atoms with Gasteiger partial charge in [-0.15, -0.1) is 0 Å². The maximum atomic E-state index is 6.32. The molecule has 0 radical (unpaired) electrons. The zero-order valence-corrected chi connectivity index (χ0v) is 14.8. The van der Waals surface area contributed by atoms with Crippen LogP contribution in [0.3, 0.4) is 0 Å².